The minimum absolute atomic E-state index is 0.00395. The zero-order valence-electron chi connectivity index (χ0n) is 9.54. The maximum Gasteiger partial charge on any atom is 0.278 e. The quantitative estimate of drug-likeness (QED) is 0.674. The van der Waals surface area contributed by atoms with Gasteiger partial charge in [0.05, 0.1) is 5.02 Å². The van der Waals surface area contributed by atoms with Gasteiger partial charge in [-0.05, 0) is 18.2 Å². The molecule has 0 bridgehead atoms. The van der Waals surface area contributed by atoms with Gasteiger partial charge in [-0.2, -0.15) is 0 Å². The number of aliphatic hydroxyl groups excluding tert-OH is 1. The summed E-state index contributed by atoms with van der Waals surface area (Å²) < 4.78 is 35.0. The van der Waals surface area contributed by atoms with Crippen LogP contribution in [0.1, 0.15) is 12.5 Å². The number of rotatable bonds is 4. The second kappa shape index (κ2) is 4.65. The smallest absolute Gasteiger partial charge is 0.278 e. The largest absolute Gasteiger partial charge is 0.504 e. The SMILES string of the molecule is CC(F)(F)COc1ccc(/C(O)=C2/CO2)cc1Cl. The first-order valence-electron chi connectivity index (χ1n) is 5.22. The number of epoxide rings is 1. The van der Waals surface area contributed by atoms with Gasteiger partial charge in [0.2, 0.25) is 0 Å². The third-order valence-corrected chi connectivity index (χ3v) is 2.53. The molecule has 1 fully saturated rings. The van der Waals surface area contributed by atoms with Crippen molar-refractivity contribution in [3.05, 3.63) is 34.5 Å². The fourth-order valence-electron chi connectivity index (χ4n) is 1.30. The molecule has 0 unspecified atom stereocenters. The maximum atomic E-state index is 12.6. The summed E-state index contributed by atoms with van der Waals surface area (Å²) in [6, 6.07) is 4.40. The minimum Gasteiger partial charge on any atom is -0.504 e. The van der Waals surface area contributed by atoms with E-state index in [-0.39, 0.29) is 16.5 Å². The highest BCUT2D eigenvalue weighted by Gasteiger charge is 2.24. The van der Waals surface area contributed by atoms with Crippen molar-refractivity contribution in [2.75, 3.05) is 13.2 Å². The van der Waals surface area contributed by atoms with Crippen LogP contribution in [0.15, 0.2) is 24.0 Å². The monoisotopic (exact) mass is 276 g/mol. The molecular formula is C12H11ClF2O3. The van der Waals surface area contributed by atoms with Gasteiger partial charge in [0, 0.05) is 12.5 Å². The van der Waals surface area contributed by atoms with E-state index in [1.807, 2.05) is 0 Å². The first-order valence-corrected chi connectivity index (χ1v) is 5.60. The molecule has 18 heavy (non-hydrogen) atoms. The Labute approximate surface area is 108 Å². The molecule has 98 valence electrons. The van der Waals surface area contributed by atoms with Crippen molar-refractivity contribution < 1.29 is 23.4 Å². The molecule has 1 saturated heterocycles. The zero-order valence-corrected chi connectivity index (χ0v) is 10.3. The maximum absolute atomic E-state index is 12.6. The summed E-state index contributed by atoms with van der Waals surface area (Å²) in [7, 11) is 0. The Bertz CT molecular complexity index is 489. The molecule has 6 heteroatoms. The predicted octanol–water partition coefficient (Wildman–Crippen LogP) is 3.63. The molecule has 1 N–H and O–H groups in total. The number of aliphatic hydroxyl groups is 1. The molecule has 0 radical (unpaired) electrons. The summed E-state index contributed by atoms with van der Waals surface area (Å²) >= 11 is 5.88. The van der Waals surface area contributed by atoms with Crippen LogP contribution in [0.3, 0.4) is 0 Å². The summed E-state index contributed by atoms with van der Waals surface area (Å²) in [4.78, 5) is 0. The predicted molar refractivity (Wildman–Crippen MR) is 63.1 cm³/mol. The second-order valence-electron chi connectivity index (χ2n) is 4.06. The Balaban J connectivity index is 2.13. The molecular weight excluding hydrogens is 266 g/mol. The van der Waals surface area contributed by atoms with Crippen LogP contribution in [0.4, 0.5) is 8.78 Å². The van der Waals surface area contributed by atoms with Crippen LogP contribution in [0, 0.1) is 0 Å². The van der Waals surface area contributed by atoms with Gasteiger partial charge < -0.3 is 14.6 Å². The molecule has 0 saturated carbocycles. The van der Waals surface area contributed by atoms with E-state index in [1.54, 1.807) is 0 Å². The van der Waals surface area contributed by atoms with Gasteiger partial charge in [-0.1, -0.05) is 11.6 Å². The first kappa shape index (κ1) is 13.0. The number of benzene rings is 1. The van der Waals surface area contributed by atoms with E-state index in [4.69, 9.17) is 21.1 Å². The summed E-state index contributed by atoms with van der Waals surface area (Å²) in [5, 5.41) is 9.83. The lowest BCUT2D eigenvalue weighted by Crippen LogP contribution is -2.21. The van der Waals surface area contributed by atoms with Crippen molar-refractivity contribution in [3.8, 4) is 5.75 Å². The minimum atomic E-state index is -2.92. The van der Waals surface area contributed by atoms with Crippen LogP contribution < -0.4 is 4.74 Å². The van der Waals surface area contributed by atoms with Gasteiger partial charge in [0.1, 0.15) is 12.4 Å². The van der Waals surface area contributed by atoms with Crippen LogP contribution in [0.5, 0.6) is 5.75 Å². The van der Waals surface area contributed by atoms with Crippen LogP contribution >= 0.6 is 11.6 Å². The normalized spacial score (nSPS) is 17.1. The van der Waals surface area contributed by atoms with Crippen molar-refractivity contribution in [1.82, 2.24) is 0 Å². The Morgan fingerprint density at radius 1 is 1.56 bits per heavy atom. The molecule has 1 aromatic rings. The fraction of sp³-hybridized carbons (Fsp3) is 0.333. The van der Waals surface area contributed by atoms with Gasteiger partial charge >= 0.3 is 0 Å². The van der Waals surface area contributed by atoms with E-state index in [0.717, 1.165) is 6.92 Å². The van der Waals surface area contributed by atoms with Crippen molar-refractivity contribution in [2.45, 2.75) is 12.8 Å². The highest BCUT2D eigenvalue weighted by Crippen LogP contribution is 2.32. The number of ether oxygens (including phenoxy) is 2. The van der Waals surface area contributed by atoms with E-state index >= 15 is 0 Å². The molecule has 0 aromatic heterocycles. The molecule has 0 amide bonds. The van der Waals surface area contributed by atoms with E-state index < -0.39 is 12.5 Å². The van der Waals surface area contributed by atoms with Crippen LogP contribution in [-0.2, 0) is 4.74 Å². The summed E-state index contributed by atoms with van der Waals surface area (Å²) in [6.45, 7) is 0.405. The van der Waals surface area contributed by atoms with Crippen molar-refractivity contribution in [2.24, 2.45) is 0 Å². The molecule has 0 atom stereocenters. The van der Waals surface area contributed by atoms with E-state index in [0.29, 0.717) is 17.9 Å². The summed E-state index contributed by atoms with van der Waals surface area (Å²) in [5.41, 5.74) is 0.461. The highest BCUT2D eigenvalue weighted by atomic mass is 35.5. The van der Waals surface area contributed by atoms with Crippen molar-refractivity contribution >= 4 is 17.4 Å². The molecule has 1 aliphatic rings. The topological polar surface area (TPSA) is 42.0 Å². The molecule has 2 rings (SSSR count). The first-order chi connectivity index (χ1) is 8.37. The third kappa shape index (κ3) is 3.26. The average molecular weight is 277 g/mol. The lowest BCUT2D eigenvalue weighted by Gasteiger charge is -2.13. The van der Waals surface area contributed by atoms with Crippen LogP contribution in [0.2, 0.25) is 5.02 Å². The molecule has 0 spiro atoms. The Morgan fingerprint density at radius 2 is 2.22 bits per heavy atom. The Morgan fingerprint density at radius 3 is 2.72 bits per heavy atom. The molecule has 1 heterocycles. The fourth-order valence-corrected chi connectivity index (χ4v) is 1.54. The van der Waals surface area contributed by atoms with Gasteiger partial charge in [-0.25, -0.2) is 8.78 Å². The number of hydrogen-bond acceptors (Lipinski definition) is 3. The number of alkyl halides is 2. The van der Waals surface area contributed by atoms with Crippen molar-refractivity contribution in [1.29, 1.82) is 0 Å². The molecule has 3 nitrogen and oxygen atoms in total. The molecule has 1 aromatic carbocycles. The Kier molecular flexibility index (Phi) is 3.34. The van der Waals surface area contributed by atoms with Crippen molar-refractivity contribution in [3.63, 3.8) is 0 Å². The van der Waals surface area contributed by atoms with E-state index in [1.165, 1.54) is 18.2 Å². The van der Waals surface area contributed by atoms with Crippen LogP contribution in [0.25, 0.3) is 5.76 Å². The lowest BCUT2D eigenvalue weighted by atomic mass is 10.2. The Hall–Kier alpha value is -1.49. The second-order valence-corrected chi connectivity index (χ2v) is 4.47. The summed E-state index contributed by atoms with van der Waals surface area (Å²) in [5.74, 6) is -2.28. The average Bonchev–Trinajstić information content (AvgIpc) is 3.09. The number of halogens is 3. The molecule has 1 aliphatic heterocycles. The lowest BCUT2D eigenvalue weighted by molar-refractivity contribution is -0.0229. The zero-order chi connectivity index (χ0) is 13.3. The number of hydrogen-bond donors (Lipinski definition) is 1. The van der Waals surface area contributed by atoms with E-state index in [2.05, 4.69) is 0 Å². The van der Waals surface area contributed by atoms with Gasteiger partial charge in [0.15, 0.2) is 18.1 Å². The summed E-state index contributed by atoms with van der Waals surface area (Å²) in [6.07, 6.45) is 0. The third-order valence-electron chi connectivity index (χ3n) is 2.24. The van der Waals surface area contributed by atoms with Gasteiger partial charge in [0.25, 0.3) is 5.92 Å². The highest BCUT2D eigenvalue weighted by molar-refractivity contribution is 6.32. The van der Waals surface area contributed by atoms with Crippen LogP contribution in [-0.4, -0.2) is 24.2 Å². The van der Waals surface area contributed by atoms with Gasteiger partial charge in [-0.15, -0.1) is 0 Å². The molecule has 0 aliphatic carbocycles. The van der Waals surface area contributed by atoms with E-state index in [9.17, 15) is 13.9 Å². The standard InChI is InChI=1S/C12H11ClF2O3/c1-12(14,15)6-18-9-3-2-7(4-8(9)13)11(16)10-5-17-10/h2-4,16H,5-6H2,1H3/b11-10+. The van der Waals surface area contributed by atoms with Gasteiger partial charge in [-0.3, -0.25) is 0 Å².